The van der Waals surface area contributed by atoms with Crippen LogP contribution in [0.5, 0.6) is 11.5 Å². The Kier molecular flexibility index (Phi) is 4.06. The van der Waals surface area contributed by atoms with E-state index in [4.69, 9.17) is 15.7 Å². The van der Waals surface area contributed by atoms with Gasteiger partial charge in [-0.3, -0.25) is 0 Å². The maximum atomic E-state index is 8.82. The predicted octanol–water partition coefficient (Wildman–Crippen LogP) is 3.64. The molecule has 0 aliphatic rings. The smallest absolute Gasteiger partial charge is 0.173 e. The number of amidine groups is 1. The Bertz CT molecular complexity index is 627. The largest absolute Gasteiger partial charge is 0.456 e. The van der Waals surface area contributed by atoms with Gasteiger partial charge in [0.05, 0.1) is 5.56 Å². The topological polar surface area (TPSA) is 67.8 Å². The molecule has 0 aliphatic carbocycles. The van der Waals surface area contributed by atoms with Gasteiger partial charge >= 0.3 is 0 Å². The highest BCUT2D eigenvalue weighted by molar-refractivity contribution is 9.10. The number of nitrogens with two attached hydrogens (primary N) is 1. The number of para-hydroxylation sites is 1. The standard InChI is InChI=1S/C14H13BrN2O2/c1-9-4-2-3-5-12(9)19-13-7-6-10(15)8-11(13)14(16)17-18/h2-8,18H,1H3,(H2,16,17). The van der Waals surface area contributed by atoms with Crippen LogP contribution in [-0.4, -0.2) is 11.0 Å². The molecule has 2 aromatic carbocycles. The van der Waals surface area contributed by atoms with Crippen molar-refractivity contribution in [3.8, 4) is 11.5 Å². The fraction of sp³-hybridized carbons (Fsp3) is 0.0714. The van der Waals surface area contributed by atoms with Gasteiger partial charge < -0.3 is 15.7 Å². The number of aryl methyl sites for hydroxylation is 1. The van der Waals surface area contributed by atoms with Crippen LogP contribution in [0.3, 0.4) is 0 Å². The van der Waals surface area contributed by atoms with E-state index in [-0.39, 0.29) is 5.84 Å². The second kappa shape index (κ2) is 5.75. The van der Waals surface area contributed by atoms with Crippen LogP contribution in [0.4, 0.5) is 0 Å². The zero-order valence-electron chi connectivity index (χ0n) is 10.3. The molecule has 0 saturated carbocycles. The van der Waals surface area contributed by atoms with Gasteiger partial charge in [-0.15, -0.1) is 0 Å². The van der Waals surface area contributed by atoms with Gasteiger partial charge in [-0.05, 0) is 36.8 Å². The minimum atomic E-state index is 0.00452. The molecule has 0 atom stereocenters. The van der Waals surface area contributed by atoms with Crippen LogP contribution in [0.15, 0.2) is 52.1 Å². The molecule has 0 aliphatic heterocycles. The monoisotopic (exact) mass is 320 g/mol. The third kappa shape index (κ3) is 3.06. The number of hydrogen-bond acceptors (Lipinski definition) is 3. The molecule has 2 rings (SSSR count). The first-order valence-electron chi connectivity index (χ1n) is 5.62. The van der Waals surface area contributed by atoms with E-state index in [1.165, 1.54) is 0 Å². The highest BCUT2D eigenvalue weighted by Gasteiger charge is 2.11. The molecule has 19 heavy (non-hydrogen) atoms. The Labute approximate surface area is 119 Å². The summed E-state index contributed by atoms with van der Waals surface area (Å²) < 4.78 is 6.65. The maximum absolute atomic E-state index is 8.82. The van der Waals surface area contributed by atoms with Crippen LogP contribution in [-0.2, 0) is 0 Å². The molecular formula is C14H13BrN2O2. The molecule has 0 bridgehead atoms. The summed E-state index contributed by atoms with van der Waals surface area (Å²) in [6.07, 6.45) is 0. The molecule has 0 saturated heterocycles. The van der Waals surface area contributed by atoms with E-state index in [1.807, 2.05) is 37.3 Å². The SMILES string of the molecule is Cc1ccccc1Oc1ccc(Br)cc1/C(N)=N/O. The Morgan fingerprint density at radius 2 is 1.95 bits per heavy atom. The normalized spacial score (nSPS) is 11.4. The number of ether oxygens (including phenoxy) is 1. The molecule has 5 heteroatoms. The van der Waals surface area contributed by atoms with Gasteiger partial charge in [0, 0.05) is 4.47 Å². The molecule has 0 aromatic heterocycles. The lowest BCUT2D eigenvalue weighted by Crippen LogP contribution is -2.14. The van der Waals surface area contributed by atoms with Crippen molar-refractivity contribution in [3.63, 3.8) is 0 Å². The van der Waals surface area contributed by atoms with E-state index in [2.05, 4.69) is 21.1 Å². The van der Waals surface area contributed by atoms with Gasteiger partial charge in [0.15, 0.2) is 5.84 Å². The quantitative estimate of drug-likeness (QED) is 0.392. The molecular weight excluding hydrogens is 308 g/mol. The Morgan fingerprint density at radius 1 is 1.21 bits per heavy atom. The molecule has 4 nitrogen and oxygen atoms in total. The lowest BCUT2D eigenvalue weighted by atomic mass is 10.1. The van der Waals surface area contributed by atoms with E-state index in [1.54, 1.807) is 12.1 Å². The Balaban J connectivity index is 2.43. The molecule has 0 unspecified atom stereocenters. The van der Waals surface area contributed by atoms with Crippen molar-refractivity contribution < 1.29 is 9.94 Å². The van der Waals surface area contributed by atoms with Crippen molar-refractivity contribution in [1.82, 2.24) is 0 Å². The fourth-order valence-electron chi connectivity index (χ4n) is 1.63. The van der Waals surface area contributed by atoms with Crippen molar-refractivity contribution in [2.45, 2.75) is 6.92 Å². The number of benzene rings is 2. The van der Waals surface area contributed by atoms with E-state index < -0.39 is 0 Å². The van der Waals surface area contributed by atoms with E-state index in [0.717, 1.165) is 15.8 Å². The van der Waals surface area contributed by atoms with Crippen molar-refractivity contribution in [1.29, 1.82) is 0 Å². The van der Waals surface area contributed by atoms with Crippen LogP contribution < -0.4 is 10.5 Å². The zero-order chi connectivity index (χ0) is 13.8. The number of rotatable bonds is 3. The third-order valence-corrected chi connectivity index (χ3v) is 3.13. The van der Waals surface area contributed by atoms with Gasteiger partial charge in [-0.25, -0.2) is 0 Å². The van der Waals surface area contributed by atoms with Gasteiger partial charge in [0.1, 0.15) is 11.5 Å². The fourth-order valence-corrected chi connectivity index (χ4v) is 2.00. The summed E-state index contributed by atoms with van der Waals surface area (Å²) in [6.45, 7) is 1.96. The second-order valence-corrected chi connectivity index (χ2v) is 4.91. The predicted molar refractivity (Wildman–Crippen MR) is 77.9 cm³/mol. The zero-order valence-corrected chi connectivity index (χ0v) is 11.9. The van der Waals surface area contributed by atoms with Gasteiger partial charge in [-0.1, -0.05) is 39.3 Å². The van der Waals surface area contributed by atoms with Crippen LogP contribution in [0.2, 0.25) is 0 Å². The summed E-state index contributed by atoms with van der Waals surface area (Å²) in [5.74, 6) is 1.27. The van der Waals surface area contributed by atoms with Crippen LogP contribution in [0.1, 0.15) is 11.1 Å². The molecule has 0 radical (unpaired) electrons. The van der Waals surface area contributed by atoms with Crippen LogP contribution in [0.25, 0.3) is 0 Å². The van der Waals surface area contributed by atoms with Crippen molar-refractivity contribution in [2.24, 2.45) is 10.9 Å². The van der Waals surface area contributed by atoms with Crippen molar-refractivity contribution in [2.75, 3.05) is 0 Å². The Morgan fingerprint density at radius 3 is 2.63 bits per heavy atom. The van der Waals surface area contributed by atoms with E-state index in [0.29, 0.717) is 11.3 Å². The average Bonchev–Trinajstić information content (AvgIpc) is 2.42. The van der Waals surface area contributed by atoms with Gasteiger partial charge in [0.25, 0.3) is 0 Å². The van der Waals surface area contributed by atoms with E-state index >= 15 is 0 Å². The summed E-state index contributed by atoms with van der Waals surface area (Å²) in [5, 5.41) is 11.8. The average molecular weight is 321 g/mol. The number of nitrogens with zero attached hydrogens (tertiary/aromatic N) is 1. The highest BCUT2D eigenvalue weighted by atomic mass is 79.9. The highest BCUT2D eigenvalue weighted by Crippen LogP contribution is 2.29. The van der Waals surface area contributed by atoms with Gasteiger partial charge in [-0.2, -0.15) is 0 Å². The summed E-state index contributed by atoms with van der Waals surface area (Å²) in [6, 6.07) is 13.0. The lowest BCUT2D eigenvalue weighted by Gasteiger charge is -2.12. The molecule has 0 amide bonds. The number of hydrogen-bond donors (Lipinski definition) is 2. The van der Waals surface area contributed by atoms with Crippen LogP contribution in [0, 0.1) is 6.92 Å². The summed E-state index contributed by atoms with van der Waals surface area (Å²) >= 11 is 3.35. The van der Waals surface area contributed by atoms with Gasteiger partial charge in [0.2, 0.25) is 0 Å². The molecule has 0 fully saturated rings. The summed E-state index contributed by atoms with van der Waals surface area (Å²) in [5.41, 5.74) is 7.19. The van der Waals surface area contributed by atoms with Crippen molar-refractivity contribution >= 4 is 21.8 Å². The first-order valence-corrected chi connectivity index (χ1v) is 6.42. The Hall–Kier alpha value is -2.01. The minimum absolute atomic E-state index is 0.00452. The maximum Gasteiger partial charge on any atom is 0.173 e. The van der Waals surface area contributed by atoms with Crippen LogP contribution >= 0.6 is 15.9 Å². The summed E-state index contributed by atoms with van der Waals surface area (Å²) in [7, 11) is 0. The first-order chi connectivity index (χ1) is 9.11. The molecule has 2 aromatic rings. The third-order valence-electron chi connectivity index (χ3n) is 2.64. The molecule has 3 N–H and O–H groups in total. The molecule has 0 heterocycles. The molecule has 98 valence electrons. The lowest BCUT2D eigenvalue weighted by molar-refractivity contribution is 0.318. The number of halogens is 1. The summed E-state index contributed by atoms with van der Waals surface area (Å²) in [4.78, 5) is 0. The molecule has 0 spiro atoms. The number of oxime groups is 1. The minimum Gasteiger partial charge on any atom is -0.456 e. The second-order valence-electron chi connectivity index (χ2n) is 3.99. The van der Waals surface area contributed by atoms with Crippen molar-refractivity contribution in [3.05, 3.63) is 58.1 Å². The first kappa shape index (κ1) is 13.4. The van der Waals surface area contributed by atoms with E-state index in [9.17, 15) is 0 Å².